The Kier molecular flexibility index (Phi) is 9.89. The van der Waals surface area contributed by atoms with Gasteiger partial charge in [0.15, 0.2) is 0 Å². The van der Waals surface area contributed by atoms with E-state index in [2.05, 4.69) is 196 Å². The van der Waals surface area contributed by atoms with Gasteiger partial charge in [-0.1, -0.05) is 0 Å². The molecule has 2 aliphatic heterocycles. The Morgan fingerprint density at radius 1 is 0.864 bits per heavy atom. The molecule has 213 valence electrons. The molecular weight excluding hydrogens is 649 g/mol. The molecule has 2 heterocycles. The Morgan fingerprint density at radius 3 is 2.25 bits per heavy atom. The second-order valence-electron chi connectivity index (χ2n) is 11.4. The SMILES string of the molecule is C=CC=C1[C](=[V+2])N(C=CC=C([C](=[V])N2[C](=[V])C(=CC=CC3CCCC3C)c3ccccc32)c2ccccc2)c2ccccc21. The van der Waals surface area contributed by atoms with E-state index in [1.54, 1.807) is 0 Å². The summed E-state index contributed by atoms with van der Waals surface area (Å²) in [5.74, 6) is 1.46. The van der Waals surface area contributed by atoms with Crippen LogP contribution in [0.25, 0.3) is 16.7 Å². The molecule has 3 aromatic rings. The molecule has 3 aromatic carbocycles. The van der Waals surface area contributed by atoms with Crippen LogP contribution in [0.15, 0.2) is 134 Å². The summed E-state index contributed by atoms with van der Waals surface area (Å²) in [5.41, 5.74) is 9.60. The Bertz CT molecular complexity index is 1790. The van der Waals surface area contributed by atoms with Gasteiger partial charge in [0.1, 0.15) is 0 Å². The number of para-hydroxylation sites is 2. The number of benzene rings is 3. The first kappa shape index (κ1) is 31.1. The van der Waals surface area contributed by atoms with Gasteiger partial charge in [0.25, 0.3) is 0 Å². The molecule has 0 radical (unpaired) electrons. The Morgan fingerprint density at radius 2 is 1.55 bits per heavy atom. The van der Waals surface area contributed by atoms with E-state index in [-0.39, 0.29) is 0 Å². The van der Waals surface area contributed by atoms with Crippen LogP contribution in [-0.4, -0.2) is 13.1 Å². The minimum atomic E-state index is 0.685. The summed E-state index contributed by atoms with van der Waals surface area (Å²) in [4.78, 5) is 4.62. The van der Waals surface area contributed by atoms with Gasteiger partial charge in [-0.25, -0.2) is 0 Å². The Hall–Kier alpha value is -2.94. The zero-order valence-electron chi connectivity index (χ0n) is 24.8. The molecular formula is C39H34N2V3+2. The number of fused-ring (bicyclic) bond motifs is 2. The van der Waals surface area contributed by atoms with Crippen LogP contribution in [-0.2, 0) is 50.9 Å². The molecule has 1 aliphatic carbocycles. The maximum atomic E-state index is 3.93. The van der Waals surface area contributed by atoms with E-state index in [4.69, 9.17) is 0 Å². The fraction of sp³-hybridized carbons (Fsp3) is 0.154. The summed E-state index contributed by atoms with van der Waals surface area (Å²) in [7, 11) is 0. The van der Waals surface area contributed by atoms with Crippen LogP contribution in [0.3, 0.4) is 0 Å². The van der Waals surface area contributed by atoms with Crippen LogP contribution in [0.5, 0.6) is 0 Å². The van der Waals surface area contributed by atoms with E-state index in [0.29, 0.717) is 5.92 Å². The van der Waals surface area contributed by atoms with Crippen LogP contribution in [0.1, 0.15) is 42.9 Å². The molecule has 0 aromatic heterocycles. The van der Waals surface area contributed by atoms with Crippen LogP contribution in [0.4, 0.5) is 11.4 Å². The van der Waals surface area contributed by atoms with Crippen molar-refractivity contribution in [1.82, 2.24) is 0 Å². The number of nitrogens with zero attached hydrogens (tertiary/aromatic N) is 2. The normalized spacial score (nSPS) is 21.7. The average molecular weight is 684 g/mol. The van der Waals surface area contributed by atoms with Crippen molar-refractivity contribution in [2.24, 2.45) is 11.8 Å². The molecule has 5 heteroatoms. The number of allylic oxidation sites excluding steroid dienone is 7. The van der Waals surface area contributed by atoms with E-state index >= 15 is 0 Å². The molecule has 3 aliphatic rings. The molecule has 0 saturated heterocycles. The van der Waals surface area contributed by atoms with Crippen LogP contribution < -0.4 is 9.80 Å². The van der Waals surface area contributed by atoms with Crippen LogP contribution >= 0.6 is 0 Å². The third-order valence-corrected chi connectivity index (χ3v) is 10.8. The molecule has 2 atom stereocenters. The van der Waals surface area contributed by atoms with E-state index < -0.39 is 0 Å². The number of hydrogen-bond donors (Lipinski definition) is 0. The van der Waals surface area contributed by atoms with Crippen molar-refractivity contribution >= 4 is 41.1 Å². The van der Waals surface area contributed by atoms with Gasteiger partial charge in [0, 0.05) is 0 Å². The van der Waals surface area contributed by atoms with Gasteiger partial charge >= 0.3 is 291 Å². The average Bonchev–Trinajstić information content (AvgIpc) is 3.67. The van der Waals surface area contributed by atoms with E-state index in [0.717, 1.165) is 20.2 Å². The molecule has 6 rings (SSSR count). The van der Waals surface area contributed by atoms with Crippen LogP contribution in [0.2, 0.25) is 0 Å². The molecule has 2 nitrogen and oxygen atoms in total. The molecule has 0 N–H and O–H groups in total. The summed E-state index contributed by atoms with van der Waals surface area (Å²) in [6, 6.07) is 27.9. The van der Waals surface area contributed by atoms with Crippen molar-refractivity contribution in [1.29, 1.82) is 0 Å². The minimum absolute atomic E-state index is 0.685. The summed E-state index contributed by atoms with van der Waals surface area (Å²) < 4.78 is 3.43. The third-order valence-electron chi connectivity index (χ3n) is 8.68. The van der Waals surface area contributed by atoms with E-state index in [9.17, 15) is 0 Å². The van der Waals surface area contributed by atoms with Gasteiger partial charge in [-0.05, 0) is 0 Å². The molecule has 2 unspecified atom stereocenters. The zero-order chi connectivity index (χ0) is 30.6. The summed E-state index contributed by atoms with van der Waals surface area (Å²) >= 11 is 8.42. The molecule has 0 amide bonds. The van der Waals surface area contributed by atoms with Gasteiger partial charge in [-0.3, -0.25) is 0 Å². The fourth-order valence-electron chi connectivity index (χ4n) is 6.36. The van der Waals surface area contributed by atoms with Gasteiger partial charge in [0.05, 0.1) is 0 Å². The predicted molar refractivity (Wildman–Crippen MR) is 178 cm³/mol. The third kappa shape index (κ3) is 6.13. The van der Waals surface area contributed by atoms with Gasteiger partial charge in [-0.2, -0.15) is 0 Å². The van der Waals surface area contributed by atoms with Crippen molar-refractivity contribution in [2.75, 3.05) is 9.80 Å². The molecule has 0 spiro atoms. The van der Waals surface area contributed by atoms with Crippen molar-refractivity contribution in [3.63, 3.8) is 0 Å². The number of hydrogen-bond acceptors (Lipinski definition) is 2. The predicted octanol–water partition coefficient (Wildman–Crippen LogP) is 8.60. The second kappa shape index (κ2) is 14.0. The molecule has 1 fully saturated rings. The maximum absolute atomic E-state index is 3.93. The monoisotopic (exact) mass is 683 g/mol. The first-order valence-electron chi connectivity index (χ1n) is 15.1. The van der Waals surface area contributed by atoms with Crippen LogP contribution in [0, 0.1) is 11.8 Å². The summed E-state index contributed by atoms with van der Waals surface area (Å²) in [6.45, 7) is 6.32. The Balaban J connectivity index is 1.35. The van der Waals surface area contributed by atoms with E-state index in [1.807, 2.05) is 6.08 Å². The number of anilines is 2. The second-order valence-corrected chi connectivity index (χ2v) is 13.3. The first-order valence-corrected chi connectivity index (χ1v) is 17.2. The molecule has 1 saturated carbocycles. The van der Waals surface area contributed by atoms with E-state index in [1.165, 1.54) is 62.8 Å². The first-order chi connectivity index (χ1) is 21.5. The van der Waals surface area contributed by atoms with Gasteiger partial charge < -0.3 is 0 Å². The van der Waals surface area contributed by atoms with Crippen molar-refractivity contribution in [3.05, 3.63) is 151 Å². The zero-order valence-corrected chi connectivity index (χ0v) is 29.0. The van der Waals surface area contributed by atoms with Gasteiger partial charge in [0.2, 0.25) is 0 Å². The number of rotatable bonds is 8. The van der Waals surface area contributed by atoms with Crippen molar-refractivity contribution < 1.29 is 50.9 Å². The standard InChI is InChI=1S/C39H34N2.3V/c1-3-14-34-28-40(38-24-9-7-22-36(34)38)26-13-21-33(32-16-5-4-6-17-32)27-41-29-35(37-23-8-10-25-39(37)41)20-12-19-31-18-11-15-30(31)2;;;/h3-10,12-14,16-17,19-26,30-31H,1,11,15,18H2,2H3;;;/q;;;+2. The summed E-state index contributed by atoms with van der Waals surface area (Å²) in [5, 5.41) is 0. The van der Waals surface area contributed by atoms with Crippen molar-refractivity contribution in [3.8, 4) is 0 Å². The fourth-order valence-corrected chi connectivity index (χ4v) is 8.41. The molecule has 44 heavy (non-hydrogen) atoms. The van der Waals surface area contributed by atoms with Crippen molar-refractivity contribution in [2.45, 2.75) is 26.2 Å². The quantitative estimate of drug-likeness (QED) is 0.220. The Labute approximate surface area is 288 Å². The summed E-state index contributed by atoms with van der Waals surface area (Å²) in [6.07, 6.45) is 21.5. The topological polar surface area (TPSA) is 6.48 Å². The molecule has 0 bridgehead atoms. The van der Waals surface area contributed by atoms with Gasteiger partial charge in [-0.15, -0.1) is 0 Å².